The molecule has 0 aliphatic rings. The Hall–Kier alpha value is -3.71. The first-order valence-corrected chi connectivity index (χ1v) is 9.36. The standard InChI is InChI=1S/C27H21N/c1-2-3-9-21-14-18-26(19-15-21)28-27(23-11-5-4-6-12-23)25-17-16-22-10-7-8-13-24(22)20-25/h2-20H,1H2/b9-3-,28-27?. The van der Waals surface area contributed by atoms with Crippen LogP contribution < -0.4 is 0 Å². The fraction of sp³-hybridized carbons (Fsp3) is 0. The van der Waals surface area contributed by atoms with E-state index in [9.17, 15) is 0 Å². The van der Waals surface area contributed by atoms with Gasteiger partial charge in [-0.2, -0.15) is 0 Å². The number of nitrogens with zero attached hydrogens (tertiary/aromatic N) is 1. The fourth-order valence-electron chi connectivity index (χ4n) is 3.20. The third-order valence-electron chi connectivity index (χ3n) is 4.63. The molecule has 0 atom stereocenters. The molecule has 0 spiro atoms. The van der Waals surface area contributed by atoms with Crippen LogP contribution in [0.25, 0.3) is 16.8 Å². The van der Waals surface area contributed by atoms with Gasteiger partial charge >= 0.3 is 0 Å². The third kappa shape index (κ3) is 3.99. The molecular formula is C27H21N. The molecule has 1 nitrogen and oxygen atoms in total. The van der Waals surface area contributed by atoms with E-state index in [1.54, 1.807) is 6.08 Å². The van der Waals surface area contributed by atoms with Gasteiger partial charge in [-0.1, -0.05) is 104 Å². The highest BCUT2D eigenvalue weighted by Crippen LogP contribution is 2.22. The van der Waals surface area contributed by atoms with Gasteiger partial charge in [-0.15, -0.1) is 0 Å². The molecule has 0 N–H and O–H groups in total. The summed E-state index contributed by atoms with van der Waals surface area (Å²) in [7, 11) is 0. The highest BCUT2D eigenvalue weighted by molar-refractivity contribution is 6.15. The van der Waals surface area contributed by atoms with Crippen molar-refractivity contribution in [1.29, 1.82) is 0 Å². The molecule has 0 unspecified atom stereocenters. The molecule has 0 aliphatic heterocycles. The van der Waals surface area contributed by atoms with Gasteiger partial charge in [0, 0.05) is 11.1 Å². The summed E-state index contributed by atoms with van der Waals surface area (Å²) in [6, 6.07) is 33.5. The maximum atomic E-state index is 5.00. The van der Waals surface area contributed by atoms with Crippen LogP contribution in [-0.2, 0) is 0 Å². The van der Waals surface area contributed by atoms with Crippen LogP contribution in [0.15, 0.2) is 121 Å². The van der Waals surface area contributed by atoms with Crippen LogP contribution in [0, 0.1) is 0 Å². The Morgan fingerprint density at radius 3 is 2.14 bits per heavy atom. The van der Waals surface area contributed by atoms with Gasteiger partial charge in [0.2, 0.25) is 0 Å². The molecule has 0 heterocycles. The van der Waals surface area contributed by atoms with E-state index in [0.717, 1.165) is 28.1 Å². The molecular weight excluding hydrogens is 338 g/mol. The largest absolute Gasteiger partial charge is 0.248 e. The molecule has 0 bridgehead atoms. The van der Waals surface area contributed by atoms with E-state index in [4.69, 9.17) is 4.99 Å². The van der Waals surface area contributed by atoms with Crippen molar-refractivity contribution in [2.45, 2.75) is 0 Å². The lowest BCUT2D eigenvalue weighted by molar-refractivity contribution is 1.47. The second kappa shape index (κ2) is 8.32. The third-order valence-corrected chi connectivity index (χ3v) is 4.63. The van der Waals surface area contributed by atoms with Crippen molar-refractivity contribution in [3.05, 3.63) is 132 Å². The van der Waals surface area contributed by atoms with Gasteiger partial charge in [-0.25, -0.2) is 4.99 Å². The molecule has 4 aromatic carbocycles. The van der Waals surface area contributed by atoms with Gasteiger partial charge < -0.3 is 0 Å². The second-order valence-corrected chi connectivity index (χ2v) is 6.57. The lowest BCUT2D eigenvalue weighted by Gasteiger charge is -2.09. The van der Waals surface area contributed by atoms with E-state index in [1.807, 2.05) is 30.4 Å². The summed E-state index contributed by atoms with van der Waals surface area (Å²) in [6.07, 6.45) is 5.74. The molecule has 0 fully saturated rings. The smallest absolute Gasteiger partial charge is 0.0781 e. The Balaban J connectivity index is 1.80. The Kier molecular flexibility index (Phi) is 5.26. The first-order valence-electron chi connectivity index (χ1n) is 9.36. The topological polar surface area (TPSA) is 12.4 Å². The number of benzene rings is 4. The zero-order valence-corrected chi connectivity index (χ0v) is 15.6. The van der Waals surface area contributed by atoms with Gasteiger partial charge in [0.15, 0.2) is 0 Å². The van der Waals surface area contributed by atoms with Gasteiger partial charge in [0.05, 0.1) is 11.4 Å². The minimum atomic E-state index is 0.933. The van der Waals surface area contributed by atoms with Crippen molar-refractivity contribution in [1.82, 2.24) is 0 Å². The summed E-state index contributed by atoms with van der Waals surface area (Å²) in [5.41, 5.74) is 5.25. The summed E-state index contributed by atoms with van der Waals surface area (Å²) in [5, 5.41) is 2.45. The number of hydrogen-bond donors (Lipinski definition) is 0. The van der Waals surface area contributed by atoms with Gasteiger partial charge in [-0.05, 0) is 34.5 Å². The molecule has 0 aromatic heterocycles. The predicted molar refractivity (Wildman–Crippen MR) is 121 cm³/mol. The summed E-state index contributed by atoms with van der Waals surface area (Å²) in [5.74, 6) is 0. The summed E-state index contributed by atoms with van der Waals surface area (Å²) in [6.45, 7) is 3.71. The first kappa shape index (κ1) is 17.7. The Morgan fingerprint density at radius 2 is 1.39 bits per heavy atom. The molecule has 0 amide bonds. The maximum Gasteiger partial charge on any atom is 0.0781 e. The van der Waals surface area contributed by atoms with Crippen molar-refractivity contribution in [2.24, 2.45) is 4.99 Å². The van der Waals surface area contributed by atoms with Crippen molar-refractivity contribution < 1.29 is 0 Å². The zero-order chi connectivity index (χ0) is 19.2. The molecule has 134 valence electrons. The van der Waals surface area contributed by atoms with E-state index in [-0.39, 0.29) is 0 Å². The number of rotatable bonds is 5. The number of hydrogen-bond acceptors (Lipinski definition) is 1. The Morgan fingerprint density at radius 1 is 0.679 bits per heavy atom. The molecule has 0 aliphatic carbocycles. The van der Waals surface area contributed by atoms with Gasteiger partial charge in [0.1, 0.15) is 0 Å². The molecule has 4 aromatic rings. The average molecular weight is 359 g/mol. The highest BCUT2D eigenvalue weighted by Gasteiger charge is 2.08. The van der Waals surface area contributed by atoms with Gasteiger partial charge in [0.25, 0.3) is 0 Å². The fourth-order valence-corrected chi connectivity index (χ4v) is 3.20. The van der Waals surface area contributed by atoms with Crippen molar-refractivity contribution in [3.63, 3.8) is 0 Å². The normalized spacial score (nSPS) is 11.8. The zero-order valence-electron chi connectivity index (χ0n) is 15.6. The number of allylic oxidation sites excluding steroid dienone is 2. The van der Waals surface area contributed by atoms with Crippen molar-refractivity contribution in [3.8, 4) is 0 Å². The van der Waals surface area contributed by atoms with Crippen LogP contribution in [0.4, 0.5) is 5.69 Å². The van der Waals surface area contributed by atoms with Gasteiger partial charge in [-0.3, -0.25) is 0 Å². The lowest BCUT2D eigenvalue weighted by atomic mass is 9.99. The van der Waals surface area contributed by atoms with E-state index >= 15 is 0 Å². The van der Waals surface area contributed by atoms with Crippen LogP contribution in [0.5, 0.6) is 0 Å². The van der Waals surface area contributed by atoms with E-state index in [2.05, 4.69) is 85.4 Å². The van der Waals surface area contributed by atoms with Crippen LogP contribution in [0.3, 0.4) is 0 Å². The Labute approximate surface area is 166 Å². The molecule has 28 heavy (non-hydrogen) atoms. The maximum absolute atomic E-state index is 5.00. The monoisotopic (exact) mass is 359 g/mol. The molecule has 0 saturated heterocycles. The quantitative estimate of drug-likeness (QED) is 0.264. The second-order valence-electron chi connectivity index (χ2n) is 6.57. The minimum Gasteiger partial charge on any atom is -0.248 e. The Bertz CT molecular complexity index is 1150. The summed E-state index contributed by atoms with van der Waals surface area (Å²) >= 11 is 0. The van der Waals surface area contributed by atoms with Crippen LogP contribution in [0.2, 0.25) is 0 Å². The van der Waals surface area contributed by atoms with E-state index in [1.165, 1.54) is 10.8 Å². The first-order chi connectivity index (χ1) is 13.8. The van der Waals surface area contributed by atoms with Crippen LogP contribution in [0.1, 0.15) is 16.7 Å². The number of fused-ring (bicyclic) bond motifs is 1. The SMILES string of the molecule is C=C/C=C\c1ccc(N=C(c2ccccc2)c2ccc3ccccc3c2)cc1. The number of aliphatic imine (C=N–C) groups is 1. The summed E-state index contributed by atoms with van der Waals surface area (Å²) in [4.78, 5) is 5.00. The van der Waals surface area contributed by atoms with Crippen LogP contribution in [-0.4, -0.2) is 5.71 Å². The molecule has 0 saturated carbocycles. The highest BCUT2D eigenvalue weighted by atomic mass is 14.7. The predicted octanol–water partition coefficient (Wildman–Crippen LogP) is 7.21. The van der Waals surface area contributed by atoms with Crippen molar-refractivity contribution >= 4 is 28.2 Å². The lowest BCUT2D eigenvalue weighted by Crippen LogP contribution is -2.02. The molecule has 0 radical (unpaired) electrons. The van der Waals surface area contributed by atoms with E-state index in [0.29, 0.717) is 0 Å². The minimum absolute atomic E-state index is 0.933. The van der Waals surface area contributed by atoms with E-state index < -0.39 is 0 Å². The van der Waals surface area contributed by atoms with Crippen LogP contribution >= 0.6 is 0 Å². The molecule has 4 rings (SSSR count). The van der Waals surface area contributed by atoms with Crippen molar-refractivity contribution in [2.75, 3.05) is 0 Å². The summed E-state index contributed by atoms with van der Waals surface area (Å²) < 4.78 is 0. The molecule has 1 heteroatoms. The average Bonchev–Trinajstić information content (AvgIpc) is 2.77.